The second-order valence-electron chi connectivity index (χ2n) is 28.9. The van der Waals surface area contributed by atoms with Gasteiger partial charge in [-0.2, -0.15) is 0 Å². The highest BCUT2D eigenvalue weighted by Gasteiger charge is 2.54. The van der Waals surface area contributed by atoms with Crippen molar-refractivity contribution in [3.8, 4) is 136 Å². The summed E-state index contributed by atoms with van der Waals surface area (Å²) in [6.45, 7) is 0. The van der Waals surface area contributed by atoms with Gasteiger partial charge in [-0.15, -0.1) is 0 Å². The molecule has 0 fully saturated rings. The highest BCUT2D eigenvalue weighted by molar-refractivity contribution is 6.32. The van der Waals surface area contributed by atoms with Gasteiger partial charge in [-0.25, -0.2) is 0 Å². The zero-order valence-corrected chi connectivity index (χ0v) is 54.2. The molecular weight excluding hydrogens is 1300 g/mol. The molecule has 12 aromatic carbocycles. The lowest BCUT2D eigenvalue weighted by atomic mass is 9.81. The molecule has 0 aromatic heterocycles. The third kappa shape index (κ3) is 6.26. The Hall–Kier alpha value is -13.6. The van der Waals surface area contributed by atoms with E-state index >= 15 is 0 Å². The van der Waals surface area contributed by atoms with Crippen molar-refractivity contribution in [1.29, 1.82) is 0 Å². The molecule has 8 atom stereocenters. The van der Waals surface area contributed by atoms with Crippen LogP contribution in [-0.4, -0.2) is 48.6 Å². The molecule has 16 heteroatoms. The molecule has 490 valence electrons. The molecule has 104 heavy (non-hydrogen) atoms. The van der Waals surface area contributed by atoms with Gasteiger partial charge in [-0.1, -0.05) is 72.8 Å². The average molecular weight is 1350 g/mol. The SMILES string of the molecule is C1=CC2Oc3cccc4c3N3c5c(cc(-c6cc(-c7cc8c9c(c7)Oc7cccc%10c7N9C7C(=CC=CC7O%10)O8)c7ccc8c(-c9cc%10c%11c(c9)Oc9cccc%12c9N%11C9C(=CC=CC9O%12)O%10)cc(-c9cc%10c%11c(c9)Oc9cccc%12c9N%11C9C(=CC=CC9O%12)O%10)c9ccc6c7c98)cc5O4)OC(=C1)C23. The van der Waals surface area contributed by atoms with Gasteiger partial charge in [0.05, 0.1) is 0 Å². The largest absolute Gasteiger partial charge is 0.481 e. The summed E-state index contributed by atoms with van der Waals surface area (Å²) in [5, 5.41) is 6.14. The number of hydrogen-bond acceptors (Lipinski definition) is 16. The van der Waals surface area contributed by atoms with Crippen LogP contribution in [0.25, 0.3) is 76.8 Å². The highest BCUT2D eigenvalue weighted by Crippen LogP contribution is 2.68. The van der Waals surface area contributed by atoms with Crippen molar-refractivity contribution in [2.24, 2.45) is 0 Å². The van der Waals surface area contributed by atoms with E-state index in [-0.39, 0.29) is 48.6 Å². The minimum Gasteiger partial charge on any atom is -0.481 e. The van der Waals surface area contributed by atoms with Crippen molar-refractivity contribution >= 4 is 77.8 Å². The van der Waals surface area contributed by atoms with E-state index in [1.165, 1.54) is 0 Å². The van der Waals surface area contributed by atoms with Gasteiger partial charge < -0.3 is 76.4 Å². The lowest BCUT2D eigenvalue weighted by molar-refractivity contribution is 0.177. The molecule has 0 spiro atoms. The first-order chi connectivity index (χ1) is 51.5. The van der Waals surface area contributed by atoms with Gasteiger partial charge in [-0.3, -0.25) is 0 Å². The third-order valence-corrected chi connectivity index (χ3v) is 23.7. The summed E-state index contributed by atoms with van der Waals surface area (Å²) in [5.74, 6) is 14.5. The number of nitrogens with zero attached hydrogens (tertiary/aromatic N) is 4. The zero-order valence-electron chi connectivity index (χ0n) is 54.2. The Kier molecular flexibility index (Phi) is 8.95. The van der Waals surface area contributed by atoms with E-state index < -0.39 is 0 Å². The standard InChI is InChI=1S/C88H46N4O12/c1-9-51-77-59(17-1)97-67-29-39(30-68-85(67)89(77)78-52(93-51)10-2-18-60(78)98-68)47-37-48(40-31-69-86-70(32-40)100-62-20-4-12-54-80(62)90(86)79-53(94-54)11-3-19-61(79)99-69)44-27-28-46-50(42-35-73-88-74(36-42)104-66-24-8-16-58-84(66)92(88)83-57(96-58)15-7-23-65(83)103-73)38-49(45-26-25-43(47)75(44)76(45)46)41-33-71-87-72(34-41)102-64-22-6-14-56-82(64)91(87)81-55(95-56)13-5-21-63(81)101-71/h1-38,51,53,55,57,77,79,81,83H. The quantitative estimate of drug-likeness (QED) is 0.155. The maximum absolute atomic E-state index is 7.15. The van der Waals surface area contributed by atoms with E-state index in [1.54, 1.807) is 0 Å². The van der Waals surface area contributed by atoms with Crippen LogP contribution >= 0.6 is 0 Å². The van der Waals surface area contributed by atoms with Crippen LogP contribution in [0.4, 0.5) is 45.5 Å². The molecule has 4 aliphatic carbocycles. The fraction of sp³-hybridized carbons (Fsp3) is 0.0909. The Labute approximate surface area is 589 Å². The van der Waals surface area contributed by atoms with E-state index in [1.807, 2.05) is 97.1 Å². The monoisotopic (exact) mass is 1350 g/mol. The highest BCUT2D eigenvalue weighted by atomic mass is 16.5. The van der Waals surface area contributed by atoms with Crippen LogP contribution < -0.4 is 76.4 Å². The summed E-state index contributed by atoms with van der Waals surface area (Å²) in [7, 11) is 0. The number of allylic oxidation sites excluding steroid dienone is 8. The summed E-state index contributed by atoms with van der Waals surface area (Å²) in [4.78, 5) is 9.47. The summed E-state index contributed by atoms with van der Waals surface area (Å²) >= 11 is 0. The minimum absolute atomic E-state index is 0.229. The molecule has 0 N–H and O–H groups in total. The Morgan fingerprint density at radius 1 is 0.221 bits per heavy atom. The van der Waals surface area contributed by atoms with Crippen molar-refractivity contribution in [3.63, 3.8) is 0 Å². The first-order valence-corrected chi connectivity index (χ1v) is 35.3. The molecular formula is C88H46N4O12. The minimum atomic E-state index is -0.273. The first-order valence-electron chi connectivity index (χ1n) is 35.3. The van der Waals surface area contributed by atoms with Crippen LogP contribution in [0, 0.1) is 0 Å². The summed E-state index contributed by atoms with van der Waals surface area (Å²) in [6.07, 6.45) is 23.7. The van der Waals surface area contributed by atoms with Gasteiger partial charge in [0.1, 0.15) is 140 Å². The molecule has 28 rings (SSSR count). The van der Waals surface area contributed by atoms with Gasteiger partial charge in [0.15, 0.2) is 69.0 Å². The van der Waals surface area contributed by atoms with Crippen molar-refractivity contribution in [2.75, 3.05) is 19.6 Å². The zero-order chi connectivity index (χ0) is 66.5. The molecule has 0 saturated carbocycles. The number of benzene rings is 12. The predicted molar refractivity (Wildman–Crippen MR) is 391 cm³/mol. The van der Waals surface area contributed by atoms with E-state index in [0.717, 1.165) is 168 Å². The van der Waals surface area contributed by atoms with Crippen molar-refractivity contribution < 1.29 is 56.8 Å². The first kappa shape index (κ1) is 52.4. The Morgan fingerprint density at radius 2 is 0.442 bits per heavy atom. The van der Waals surface area contributed by atoms with E-state index in [2.05, 4.69) is 153 Å². The van der Waals surface area contributed by atoms with Crippen molar-refractivity contribution in [3.05, 3.63) is 254 Å². The van der Waals surface area contributed by atoms with E-state index in [9.17, 15) is 0 Å². The fourth-order valence-electron chi connectivity index (χ4n) is 19.7. The number of rotatable bonds is 4. The molecule has 12 aliphatic heterocycles. The van der Waals surface area contributed by atoms with Gasteiger partial charge in [0.2, 0.25) is 0 Å². The normalized spacial score (nSPS) is 23.3. The number of para-hydroxylation sites is 4. The topological polar surface area (TPSA) is 124 Å². The molecule has 16 aliphatic rings. The molecule has 16 nitrogen and oxygen atoms in total. The van der Waals surface area contributed by atoms with Crippen molar-refractivity contribution in [1.82, 2.24) is 0 Å². The van der Waals surface area contributed by atoms with Crippen LogP contribution in [0.5, 0.6) is 92.0 Å². The second kappa shape index (κ2) is 17.7. The predicted octanol–water partition coefficient (Wildman–Crippen LogP) is 20.1. The molecule has 0 bridgehead atoms. The molecule has 8 unspecified atom stereocenters. The van der Waals surface area contributed by atoms with Crippen LogP contribution in [0.15, 0.2) is 254 Å². The smallest absolute Gasteiger partial charge is 0.155 e. The maximum atomic E-state index is 7.15. The average Bonchev–Trinajstić information content (AvgIpc) is 0.714. The van der Waals surface area contributed by atoms with Crippen LogP contribution in [0.3, 0.4) is 0 Å². The molecule has 12 aromatic rings. The number of ether oxygens (including phenoxy) is 12. The Bertz CT molecular complexity index is 5800. The second-order valence-corrected chi connectivity index (χ2v) is 28.9. The van der Waals surface area contributed by atoms with Crippen LogP contribution in [0.2, 0.25) is 0 Å². The Balaban J connectivity index is 0.731. The Morgan fingerprint density at radius 3 is 0.692 bits per heavy atom. The molecule has 0 amide bonds. The van der Waals surface area contributed by atoms with Crippen LogP contribution in [0.1, 0.15) is 0 Å². The number of anilines is 8. The van der Waals surface area contributed by atoms with Gasteiger partial charge in [-0.05, 0) is 235 Å². The third-order valence-electron chi connectivity index (χ3n) is 23.7. The lowest BCUT2D eigenvalue weighted by Crippen LogP contribution is -2.52. The maximum Gasteiger partial charge on any atom is 0.155 e. The van der Waals surface area contributed by atoms with Gasteiger partial charge >= 0.3 is 0 Å². The van der Waals surface area contributed by atoms with E-state index in [0.29, 0.717) is 69.0 Å². The van der Waals surface area contributed by atoms with Gasteiger partial charge in [0.25, 0.3) is 0 Å². The number of hydrogen-bond donors (Lipinski definition) is 0. The molecule has 12 heterocycles. The van der Waals surface area contributed by atoms with Crippen LogP contribution in [-0.2, 0) is 0 Å². The van der Waals surface area contributed by atoms with Crippen molar-refractivity contribution in [2.45, 2.75) is 48.6 Å². The fourth-order valence-corrected chi connectivity index (χ4v) is 19.7. The molecule has 0 saturated heterocycles. The summed E-state index contributed by atoms with van der Waals surface area (Å²) in [5.41, 5.74) is 14.4. The van der Waals surface area contributed by atoms with Gasteiger partial charge in [0, 0.05) is 0 Å². The lowest BCUT2D eigenvalue weighted by Gasteiger charge is -2.49. The van der Waals surface area contributed by atoms with E-state index in [4.69, 9.17) is 56.8 Å². The summed E-state index contributed by atoms with van der Waals surface area (Å²) < 4.78 is 83.8. The molecule has 0 radical (unpaired) electrons. The summed E-state index contributed by atoms with van der Waals surface area (Å²) in [6, 6.07) is 54.6.